The molecule has 6 nitrogen and oxygen atoms in total. The van der Waals surface area contributed by atoms with Crippen molar-refractivity contribution in [2.75, 3.05) is 11.9 Å². The molecule has 1 aliphatic rings. The predicted molar refractivity (Wildman–Crippen MR) is 104 cm³/mol. The number of aromatic nitrogens is 1. The molecule has 0 radical (unpaired) electrons. The molecule has 3 rings (SSSR count). The second-order valence-corrected chi connectivity index (χ2v) is 7.18. The summed E-state index contributed by atoms with van der Waals surface area (Å²) >= 11 is 6.21. The molecule has 1 aromatic heterocycles. The number of pyridine rings is 1. The van der Waals surface area contributed by atoms with Crippen LogP contribution in [-0.4, -0.2) is 29.8 Å². The lowest BCUT2D eigenvalue weighted by atomic mass is 10.1. The van der Waals surface area contributed by atoms with E-state index in [9.17, 15) is 18.4 Å². The fraction of sp³-hybridized carbons (Fsp3) is 0.350. The molecule has 0 spiro atoms. The number of hydrogen-bond donors (Lipinski definition) is 2. The number of carbonyl (C=O) groups excluding carboxylic acids is 2. The Balaban J connectivity index is 1.63. The first-order valence-electron chi connectivity index (χ1n) is 9.11. The number of anilines is 1. The van der Waals surface area contributed by atoms with Gasteiger partial charge in [-0.05, 0) is 49.6 Å². The molecule has 29 heavy (non-hydrogen) atoms. The zero-order valence-corrected chi connectivity index (χ0v) is 16.4. The number of nitrogens with one attached hydrogen (secondary N) is 2. The van der Waals surface area contributed by atoms with E-state index in [1.807, 2.05) is 0 Å². The fourth-order valence-electron chi connectivity index (χ4n) is 2.68. The van der Waals surface area contributed by atoms with E-state index in [4.69, 9.17) is 16.3 Å². The highest BCUT2D eigenvalue weighted by atomic mass is 35.5. The maximum Gasteiger partial charge on any atom is 0.272 e. The summed E-state index contributed by atoms with van der Waals surface area (Å²) in [5.41, 5.74) is 0.951. The zero-order valence-electron chi connectivity index (χ0n) is 15.6. The van der Waals surface area contributed by atoms with Gasteiger partial charge in [-0.3, -0.25) is 9.59 Å². The highest BCUT2D eigenvalue weighted by Gasteiger charge is 2.29. The number of alkyl halides is 2. The summed E-state index contributed by atoms with van der Waals surface area (Å²) in [4.78, 5) is 28.5. The molecule has 0 bridgehead atoms. The Kier molecular flexibility index (Phi) is 6.64. The van der Waals surface area contributed by atoms with Gasteiger partial charge in [0.25, 0.3) is 12.3 Å². The van der Waals surface area contributed by atoms with Gasteiger partial charge in [0, 0.05) is 22.7 Å². The van der Waals surface area contributed by atoms with E-state index >= 15 is 0 Å². The number of ether oxygens (including phenoxy) is 1. The highest BCUT2D eigenvalue weighted by molar-refractivity contribution is 6.31. The molecule has 1 atom stereocenters. The predicted octanol–water partition coefficient (Wildman–Crippen LogP) is 4.22. The minimum atomic E-state index is -2.58. The average molecular weight is 424 g/mol. The van der Waals surface area contributed by atoms with E-state index in [1.54, 1.807) is 13.0 Å². The summed E-state index contributed by atoms with van der Waals surface area (Å²) in [7, 11) is 0. The van der Waals surface area contributed by atoms with Crippen molar-refractivity contribution in [1.82, 2.24) is 10.3 Å². The zero-order chi connectivity index (χ0) is 21.0. The highest BCUT2D eigenvalue weighted by Crippen LogP contribution is 2.30. The molecule has 154 valence electrons. The molecule has 2 aromatic rings. The maximum absolute atomic E-state index is 12.6. The van der Waals surface area contributed by atoms with E-state index < -0.39 is 19.1 Å². The SMILES string of the molecule is CC(NC(=O)c1ccnc(NC(=O)C2CC2)c1)c1ccc(OCC(F)F)cc1Cl. The Morgan fingerprint density at radius 2 is 2.03 bits per heavy atom. The van der Waals surface area contributed by atoms with Crippen molar-refractivity contribution < 1.29 is 23.1 Å². The van der Waals surface area contributed by atoms with Crippen molar-refractivity contribution in [3.05, 3.63) is 52.7 Å². The van der Waals surface area contributed by atoms with Crippen molar-refractivity contribution in [1.29, 1.82) is 0 Å². The smallest absolute Gasteiger partial charge is 0.272 e. The summed E-state index contributed by atoms with van der Waals surface area (Å²) in [6.45, 7) is 1.03. The van der Waals surface area contributed by atoms with Gasteiger partial charge in [0.05, 0.1) is 6.04 Å². The van der Waals surface area contributed by atoms with Gasteiger partial charge in [-0.1, -0.05) is 17.7 Å². The first kappa shape index (κ1) is 21.0. The van der Waals surface area contributed by atoms with Gasteiger partial charge in [0.1, 0.15) is 18.2 Å². The molecule has 1 aromatic carbocycles. The molecule has 1 aliphatic carbocycles. The van der Waals surface area contributed by atoms with Gasteiger partial charge in [-0.2, -0.15) is 0 Å². The normalized spacial score (nSPS) is 14.4. The second-order valence-electron chi connectivity index (χ2n) is 6.77. The summed E-state index contributed by atoms with van der Waals surface area (Å²) in [5, 5.41) is 5.80. The van der Waals surface area contributed by atoms with Crippen LogP contribution in [0.5, 0.6) is 5.75 Å². The largest absolute Gasteiger partial charge is 0.488 e. The Hall–Kier alpha value is -2.74. The number of amides is 2. The van der Waals surface area contributed by atoms with Crippen LogP contribution < -0.4 is 15.4 Å². The molecular formula is C20H20ClF2N3O3. The van der Waals surface area contributed by atoms with Crippen LogP contribution in [0.25, 0.3) is 0 Å². The van der Waals surface area contributed by atoms with Gasteiger partial charge < -0.3 is 15.4 Å². The quantitative estimate of drug-likeness (QED) is 0.666. The van der Waals surface area contributed by atoms with Crippen molar-refractivity contribution in [3.8, 4) is 5.75 Å². The second kappa shape index (κ2) is 9.17. The summed E-state index contributed by atoms with van der Waals surface area (Å²) in [6.07, 6.45) is 0.613. The molecule has 1 unspecified atom stereocenters. The van der Waals surface area contributed by atoms with E-state index in [0.29, 0.717) is 16.9 Å². The molecule has 0 saturated heterocycles. The summed E-state index contributed by atoms with van der Waals surface area (Å²) < 4.78 is 29.4. The molecular weight excluding hydrogens is 404 g/mol. The van der Waals surface area contributed by atoms with Crippen LogP contribution >= 0.6 is 11.6 Å². The van der Waals surface area contributed by atoms with E-state index in [-0.39, 0.29) is 28.5 Å². The van der Waals surface area contributed by atoms with Crippen LogP contribution in [0.4, 0.5) is 14.6 Å². The molecule has 1 saturated carbocycles. The van der Waals surface area contributed by atoms with Gasteiger partial charge in [-0.15, -0.1) is 0 Å². The number of carbonyl (C=O) groups is 2. The van der Waals surface area contributed by atoms with E-state index in [0.717, 1.165) is 12.8 Å². The Morgan fingerprint density at radius 1 is 1.28 bits per heavy atom. The van der Waals surface area contributed by atoms with Crippen LogP contribution in [0.2, 0.25) is 5.02 Å². The lowest BCUT2D eigenvalue weighted by molar-refractivity contribution is -0.117. The third-order valence-corrected chi connectivity index (χ3v) is 4.71. The maximum atomic E-state index is 12.6. The van der Waals surface area contributed by atoms with Crippen molar-refractivity contribution in [2.45, 2.75) is 32.2 Å². The molecule has 9 heteroatoms. The molecule has 0 aliphatic heterocycles. The topological polar surface area (TPSA) is 80.3 Å². The van der Waals surface area contributed by atoms with E-state index in [2.05, 4.69) is 15.6 Å². The third kappa shape index (κ3) is 5.87. The third-order valence-electron chi connectivity index (χ3n) is 4.38. The Morgan fingerprint density at radius 3 is 2.69 bits per heavy atom. The minimum absolute atomic E-state index is 0.0316. The van der Waals surface area contributed by atoms with Crippen molar-refractivity contribution in [3.63, 3.8) is 0 Å². The van der Waals surface area contributed by atoms with Gasteiger partial charge in [0.2, 0.25) is 5.91 Å². The monoisotopic (exact) mass is 423 g/mol. The van der Waals surface area contributed by atoms with Crippen LogP contribution in [0.3, 0.4) is 0 Å². The fourth-order valence-corrected chi connectivity index (χ4v) is 3.01. The number of benzene rings is 1. The van der Waals surface area contributed by atoms with Crippen LogP contribution in [0, 0.1) is 5.92 Å². The molecule has 1 fully saturated rings. The van der Waals surface area contributed by atoms with Crippen LogP contribution in [-0.2, 0) is 4.79 Å². The number of hydrogen-bond acceptors (Lipinski definition) is 4. The molecule has 2 N–H and O–H groups in total. The van der Waals surface area contributed by atoms with Crippen molar-refractivity contribution >= 4 is 29.2 Å². The lowest BCUT2D eigenvalue weighted by Gasteiger charge is -2.17. The average Bonchev–Trinajstić information content (AvgIpc) is 3.52. The van der Waals surface area contributed by atoms with Crippen molar-refractivity contribution in [2.24, 2.45) is 5.92 Å². The first-order chi connectivity index (χ1) is 13.8. The molecule has 2 amide bonds. The van der Waals surface area contributed by atoms with Gasteiger partial charge >= 0.3 is 0 Å². The Labute approximate surface area is 171 Å². The minimum Gasteiger partial charge on any atom is -0.488 e. The van der Waals surface area contributed by atoms with E-state index in [1.165, 1.54) is 30.5 Å². The molecule has 1 heterocycles. The number of nitrogens with zero attached hydrogens (tertiary/aromatic N) is 1. The number of rotatable bonds is 8. The first-order valence-corrected chi connectivity index (χ1v) is 9.49. The standard InChI is InChI=1S/C20H20ClF2N3O3/c1-11(15-5-4-14(9-16(15)21)29-10-17(22)23)25-20(28)13-6-7-24-18(8-13)26-19(27)12-2-3-12/h4-9,11-12,17H,2-3,10H2,1H3,(H,25,28)(H,24,26,27). The van der Waals surface area contributed by atoms with Crippen LogP contribution in [0.15, 0.2) is 36.5 Å². The van der Waals surface area contributed by atoms with Gasteiger partial charge in [0.15, 0.2) is 0 Å². The lowest BCUT2D eigenvalue weighted by Crippen LogP contribution is -2.27. The Bertz CT molecular complexity index is 906. The van der Waals surface area contributed by atoms with Crippen LogP contribution in [0.1, 0.15) is 41.7 Å². The number of halogens is 3. The van der Waals surface area contributed by atoms with Gasteiger partial charge in [-0.25, -0.2) is 13.8 Å². The summed E-state index contributed by atoms with van der Waals surface area (Å²) in [5.74, 6) is 0.118. The summed E-state index contributed by atoms with van der Waals surface area (Å²) in [6, 6.07) is 7.16.